The summed E-state index contributed by atoms with van der Waals surface area (Å²) in [6, 6.07) is 10.1. The Morgan fingerprint density at radius 1 is 0.906 bits per heavy atom. The summed E-state index contributed by atoms with van der Waals surface area (Å²) in [6.07, 6.45) is 1.29. The number of amides is 1. The molecule has 3 heterocycles. The summed E-state index contributed by atoms with van der Waals surface area (Å²) in [5.41, 5.74) is 1.16. The minimum absolute atomic E-state index is 0.220. The molecule has 2 aromatic rings. The highest BCUT2D eigenvalue weighted by atomic mass is 16.5. The Bertz CT molecular complexity index is 903. The summed E-state index contributed by atoms with van der Waals surface area (Å²) in [4.78, 5) is 31.0. The Morgan fingerprint density at radius 3 is 2.03 bits per heavy atom. The lowest BCUT2D eigenvalue weighted by atomic mass is 10.1. The molecule has 1 amide bonds. The van der Waals surface area contributed by atoms with E-state index in [1.165, 1.54) is 0 Å². The van der Waals surface area contributed by atoms with E-state index in [0.717, 1.165) is 87.6 Å². The number of nitrogens with zero attached hydrogens (tertiary/aromatic N) is 6. The van der Waals surface area contributed by atoms with E-state index in [1.54, 1.807) is 7.11 Å². The summed E-state index contributed by atoms with van der Waals surface area (Å²) in [5.74, 6) is 3.84. The van der Waals surface area contributed by atoms with E-state index in [9.17, 15) is 4.79 Å². The van der Waals surface area contributed by atoms with Gasteiger partial charge in [-0.15, -0.1) is 0 Å². The van der Waals surface area contributed by atoms with E-state index in [2.05, 4.69) is 32.8 Å². The lowest BCUT2D eigenvalue weighted by molar-refractivity contribution is -0.131. The average Bonchev–Trinajstić information content (AvgIpc) is 2.83. The zero-order chi connectivity index (χ0) is 22.5. The lowest BCUT2D eigenvalue weighted by Gasteiger charge is -2.37. The molecule has 0 bridgehead atoms. The molecule has 2 fully saturated rings. The van der Waals surface area contributed by atoms with Crippen LogP contribution in [0.5, 0.6) is 5.75 Å². The fourth-order valence-corrected chi connectivity index (χ4v) is 4.28. The third-order valence-electron chi connectivity index (χ3n) is 6.38. The number of benzene rings is 1. The van der Waals surface area contributed by atoms with Crippen LogP contribution >= 0.6 is 0 Å². The highest BCUT2D eigenvalue weighted by Crippen LogP contribution is 2.22. The SMILES string of the molecule is COc1ccc(CCC(=O)N2CCN(c3cc(N4CCN(C)CC4)nc(C)n3)CC2)cc1. The molecule has 32 heavy (non-hydrogen) atoms. The highest BCUT2D eigenvalue weighted by Gasteiger charge is 2.23. The van der Waals surface area contributed by atoms with Crippen molar-refractivity contribution in [1.82, 2.24) is 19.8 Å². The largest absolute Gasteiger partial charge is 0.497 e. The molecule has 0 aliphatic carbocycles. The van der Waals surface area contributed by atoms with Crippen LogP contribution in [0.4, 0.5) is 11.6 Å². The molecule has 0 spiro atoms. The third kappa shape index (κ3) is 5.48. The van der Waals surface area contributed by atoms with Crippen LogP contribution in [-0.4, -0.2) is 92.2 Å². The van der Waals surface area contributed by atoms with Gasteiger partial charge in [0.25, 0.3) is 0 Å². The number of likely N-dealkylation sites (N-methyl/N-ethyl adjacent to an activating group) is 1. The molecule has 0 radical (unpaired) electrons. The first-order valence-electron chi connectivity index (χ1n) is 11.5. The third-order valence-corrected chi connectivity index (χ3v) is 6.38. The molecular weight excluding hydrogens is 404 g/mol. The molecule has 0 atom stereocenters. The second-order valence-electron chi connectivity index (χ2n) is 8.64. The maximum absolute atomic E-state index is 12.7. The monoisotopic (exact) mass is 438 g/mol. The van der Waals surface area contributed by atoms with Gasteiger partial charge in [0.1, 0.15) is 23.2 Å². The quantitative estimate of drug-likeness (QED) is 0.682. The van der Waals surface area contributed by atoms with Gasteiger partial charge in [-0.25, -0.2) is 9.97 Å². The zero-order valence-electron chi connectivity index (χ0n) is 19.5. The van der Waals surface area contributed by atoms with Crippen molar-refractivity contribution < 1.29 is 9.53 Å². The first-order chi connectivity index (χ1) is 15.5. The van der Waals surface area contributed by atoms with E-state index >= 15 is 0 Å². The molecule has 8 heteroatoms. The second-order valence-corrected chi connectivity index (χ2v) is 8.64. The normalized spacial score (nSPS) is 17.5. The van der Waals surface area contributed by atoms with Gasteiger partial charge >= 0.3 is 0 Å². The van der Waals surface area contributed by atoms with E-state index in [4.69, 9.17) is 9.72 Å². The Balaban J connectivity index is 1.30. The van der Waals surface area contributed by atoms with Crippen LogP contribution < -0.4 is 14.5 Å². The molecule has 8 nitrogen and oxygen atoms in total. The Hall–Kier alpha value is -2.87. The molecule has 1 aromatic heterocycles. The maximum atomic E-state index is 12.7. The summed E-state index contributed by atoms with van der Waals surface area (Å²) < 4.78 is 5.20. The van der Waals surface area contributed by atoms with Crippen LogP contribution in [-0.2, 0) is 11.2 Å². The first-order valence-corrected chi connectivity index (χ1v) is 11.5. The molecule has 0 saturated carbocycles. The number of hydrogen-bond acceptors (Lipinski definition) is 7. The number of carbonyl (C=O) groups is 1. The van der Waals surface area contributed by atoms with Crippen molar-refractivity contribution in [3.05, 3.63) is 41.7 Å². The van der Waals surface area contributed by atoms with Gasteiger partial charge in [-0.2, -0.15) is 0 Å². The van der Waals surface area contributed by atoms with Crippen LogP contribution in [0.1, 0.15) is 17.8 Å². The number of hydrogen-bond donors (Lipinski definition) is 0. The summed E-state index contributed by atoms with van der Waals surface area (Å²) >= 11 is 0. The van der Waals surface area contributed by atoms with Gasteiger partial charge in [0, 0.05) is 64.8 Å². The Labute approximate surface area is 190 Å². The summed E-state index contributed by atoms with van der Waals surface area (Å²) in [6.45, 7) is 9.10. The van der Waals surface area contributed by atoms with Crippen molar-refractivity contribution in [2.75, 3.05) is 76.3 Å². The van der Waals surface area contributed by atoms with Crippen molar-refractivity contribution >= 4 is 17.5 Å². The van der Waals surface area contributed by atoms with Crippen LogP contribution in [0.25, 0.3) is 0 Å². The number of aryl methyl sites for hydroxylation is 2. The fraction of sp³-hybridized carbons (Fsp3) is 0.542. The Morgan fingerprint density at radius 2 is 1.47 bits per heavy atom. The molecule has 2 aliphatic heterocycles. The Kier molecular flexibility index (Phi) is 7.09. The second kappa shape index (κ2) is 10.2. The zero-order valence-corrected chi connectivity index (χ0v) is 19.5. The number of rotatable bonds is 6. The van der Waals surface area contributed by atoms with Gasteiger partial charge in [-0.1, -0.05) is 12.1 Å². The average molecular weight is 439 g/mol. The highest BCUT2D eigenvalue weighted by molar-refractivity contribution is 5.76. The number of methoxy groups -OCH3 is 1. The van der Waals surface area contributed by atoms with Crippen molar-refractivity contribution in [2.24, 2.45) is 0 Å². The standard InChI is InChI=1S/C24H34N6O2/c1-19-25-22(28-12-10-27(2)11-13-28)18-23(26-19)29-14-16-30(17-15-29)24(31)9-6-20-4-7-21(32-3)8-5-20/h4-5,7-8,18H,6,9-17H2,1-3H3. The predicted molar refractivity (Wildman–Crippen MR) is 127 cm³/mol. The van der Waals surface area contributed by atoms with Crippen LogP contribution in [0.2, 0.25) is 0 Å². The number of ether oxygens (including phenoxy) is 1. The fourth-order valence-electron chi connectivity index (χ4n) is 4.28. The van der Waals surface area contributed by atoms with Gasteiger partial charge in [-0.3, -0.25) is 4.79 Å². The first kappa shape index (κ1) is 22.3. The van der Waals surface area contributed by atoms with E-state index in [1.807, 2.05) is 36.1 Å². The van der Waals surface area contributed by atoms with Crippen LogP contribution in [0, 0.1) is 6.92 Å². The molecule has 0 unspecified atom stereocenters. The van der Waals surface area contributed by atoms with E-state index in [-0.39, 0.29) is 5.91 Å². The number of anilines is 2. The van der Waals surface area contributed by atoms with Gasteiger partial charge in [-0.05, 0) is 38.1 Å². The molecular formula is C24H34N6O2. The van der Waals surface area contributed by atoms with Crippen molar-refractivity contribution in [3.8, 4) is 5.75 Å². The summed E-state index contributed by atoms with van der Waals surface area (Å²) in [5, 5.41) is 0. The van der Waals surface area contributed by atoms with Crippen LogP contribution in [0.3, 0.4) is 0 Å². The minimum atomic E-state index is 0.220. The van der Waals surface area contributed by atoms with E-state index in [0.29, 0.717) is 6.42 Å². The number of carbonyl (C=O) groups excluding carboxylic acids is 1. The topological polar surface area (TPSA) is 65.0 Å². The smallest absolute Gasteiger partial charge is 0.223 e. The summed E-state index contributed by atoms with van der Waals surface area (Å²) in [7, 11) is 3.82. The number of piperazine rings is 2. The van der Waals surface area contributed by atoms with Gasteiger partial charge < -0.3 is 24.3 Å². The molecule has 0 N–H and O–H groups in total. The van der Waals surface area contributed by atoms with Gasteiger partial charge in [0.15, 0.2) is 0 Å². The van der Waals surface area contributed by atoms with Crippen molar-refractivity contribution in [3.63, 3.8) is 0 Å². The van der Waals surface area contributed by atoms with Crippen molar-refractivity contribution in [2.45, 2.75) is 19.8 Å². The minimum Gasteiger partial charge on any atom is -0.497 e. The van der Waals surface area contributed by atoms with E-state index < -0.39 is 0 Å². The number of aromatic nitrogens is 2. The molecule has 2 saturated heterocycles. The lowest BCUT2D eigenvalue weighted by Crippen LogP contribution is -2.49. The molecule has 4 rings (SSSR count). The maximum Gasteiger partial charge on any atom is 0.223 e. The molecule has 2 aliphatic rings. The molecule has 1 aromatic carbocycles. The molecule has 172 valence electrons. The van der Waals surface area contributed by atoms with Crippen molar-refractivity contribution in [1.29, 1.82) is 0 Å². The predicted octanol–water partition coefficient (Wildman–Crippen LogP) is 1.83. The van der Waals surface area contributed by atoms with Crippen LogP contribution in [0.15, 0.2) is 30.3 Å². The van der Waals surface area contributed by atoms with Gasteiger partial charge in [0.2, 0.25) is 5.91 Å². The van der Waals surface area contributed by atoms with Gasteiger partial charge in [0.05, 0.1) is 7.11 Å².